The summed E-state index contributed by atoms with van der Waals surface area (Å²) in [5.41, 5.74) is 2.29. The number of methoxy groups -OCH3 is 2. The number of rotatable bonds is 6. The van der Waals surface area contributed by atoms with Gasteiger partial charge in [0.25, 0.3) is 11.8 Å². The van der Waals surface area contributed by atoms with Gasteiger partial charge in [-0.15, -0.1) is 0 Å². The number of nitrogens with one attached hydrogen (secondary N) is 1. The topological polar surface area (TPSA) is 115 Å². The van der Waals surface area contributed by atoms with Crippen LogP contribution in [0.25, 0.3) is 0 Å². The average molecular weight is 459 g/mol. The van der Waals surface area contributed by atoms with Crippen molar-refractivity contribution in [1.82, 2.24) is 9.88 Å². The Morgan fingerprint density at radius 2 is 1.68 bits per heavy atom. The molecule has 1 aliphatic heterocycles. The molecule has 0 saturated heterocycles. The third-order valence-electron chi connectivity index (χ3n) is 5.37. The minimum atomic E-state index is -0.679. The summed E-state index contributed by atoms with van der Waals surface area (Å²) < 4.78 is 9.45. The van der Waals surface area contributed by atoms with Crippen molar-refractivity contribution >= 4 is 29.4 Å². The Labute approximate surface area is 195 Å². The van der Waals surface area contributed by atoms with Crippen LogP contribution in [-0.4, -0.2) is 47.9 Å². The number of ether oxygens (including phenoxy) is 2. The van der Waals surface area contributed by atoms with E-state index in [2.05, 4.69) is 10.3 Å². The van der Waals surface area contributed by atoms with Crippen molar-refractivity contribution in [2.45, 2.75) is 13.1 Å². The van der Waals surface area contributed by atoms with E-state index in [-0.39, 0.29) is 28.3 Å². The molecule has 1 aliphatic rings. The molecule has 2 heterocycles. The monoisotopic (exact) mass is 459 g/mol. The largest absolute Gasteiger partial charge is 0.465 e. The summed E-state index contributed by atoms with van der Waals surface area (Å²) in [7, 11) is 2.42. The van der Waals surface area contributed by atoms with Gasteiger partial charge in [-0.2, -0.15) is 0 Å². The van der Waals surface area contributed by atoms with Crippen LogP contribution in [0.2, 0.25) is 0 Å². The zero-order valence-corrected chi connectivity index (χ0v) is 18.5. The van der Waals surface area contributed by atoms with Crippen LogP contribution in [0, 0.1) is 0 Å². The Hall–Kier alpha value is -4.53. The molecule has 3 aromatic rings. The molecule has 0 fully saturated rings. The smallest absolute Gasteiger partial charge is 0.337 e. The Balaban J connectivity index is 1.62. The Bertz CT molecular complexity index is 1250. The molecule has 1 N–H and O–H groups in total. The van der Waals surface area contributed by atoms with E-state index in [0.29, 0.717) is 18.7 Å². The highest BCUT2D eigenvalue weighted by molar-refractivity contribution is 6.14. The molecule has 0 unspecified atom stereocenters. The van der Waals surface area contributed by atoms with Gasteiger partial charge in [0.15, 0.2) is 0 Å². The zero-order chi connectivity index (χ0) is 24.2. The maximum absolute atomic E-state index is 13.2. The second-order valence-corrected chi connectivity index (χ2v) is 7.56. The van der Waals surface area contributed by atoms with E-state index in [1.807, 2.05) is 12.1 Å². The minimum absolute atomic E-state index is 0.0663. The second kappa shape index (κ2) is 9.53. The van der Waals surface area contributed by atoms with E-state index in [9.17, 15) is 19.2 Å². The Kier molecular flexibility index (Phi) is 6.35. The summed E-state index contributed by atoms with van der Waals surface area (Å²) in [5, 5.41) is 2.67. The van der Waals surface area contributed by atoms with Crippen LogP contribution in [0.3, 0.4) is 0 Å². The SMILES string of the molecule is COC(=O)c1cc(NC(=O)c2cccc3c2C(=O)N(Cc2ccccn2)C3)cc(C(=O)OC)c1. The van der Waals surface area contributed by atoms with Gasteiger partial charge in [-0.25, -0.2) is 9.59 Å². The summed E-state index contributed by atoms with van der Waals surface area (Å²) in [4.78, 5) is 56.2. The second-order valence-electron chi connectivity index (χ2n) is 7.56. The van der Waals surface area contributed by atoms with Crippen molar-refractivity contribution in [2.24, 2.45) is 0 Å². The molecule has 34 heavy (non-hydrogen) atoms. The first kappa shape index (κ1) is 22.7. The van der Waals surface area contributed by atoms with Gasteiger partial charge >= 0.3 is 11.9 Å². The van der Waals surface area contributed by atoms with Crippen LogP contribution in [0.15, 0.2) is 60.8 Å². The summed E-state index contributed by atoms with van der Waals surface area (Å²) in [6.45, 7) is 0.676. The van der Waals surface area contributed by atoms with E-state index in [4.69, 9.17) is 9.47 Å². The number of fused-ring (bicyclic) bond motifs is 1. The molecule has 9 heteroatoms. The lowest BCUT2D eigenvalue weighted by molar-refractivity contribution is 0.0598. The van der Waals surface area contributed by atoms with E-state index in [1.165, 1.54) is 32.4 Å². The Morgan fingerprint density at radius 1 is 0.971 bits per heavy atom. The van der Waals surface area contributed by atoms with Crippen LogP contribution in [0.1, 0.15) is 52.7 Å². The summed E-state index contributed by atoms with van der Waals surface area (Å²) in [6.07, 6.45) is 1.66. The van der Waals surface area contributed by atoms with E-state index in [0.717, 1.165) is 11.3 Å². The average Bonchev–Trinajstić information content (AvgIpc) is 3.18. The molecule has 0 atom stereocenters. The van der Waals surface area contributed by atoms with E-state index < -0.39 is 17.8 Å². The van der Waals surface area contributed by atoms with Gasteiger partial charge in [0, 0.05) is 18.4 Å². The van der Waals surface area contributed by atoms with Crippen molar-refractivity contribution in [2.75, 3.05) is 19.5 Å². The van der Waals surface area contributed by atoms with Crippen molar-refractivity contribution in [3.05, 3.63) is 94.3 Å². The molecule has 9 nitrogen and oxygen atoms in total. The van der Waals surface area contributed by atoms with Gasteiger partial charge < -0.3 is 19.7 Å². The number of carbonyl (C=O) groups excluding carboxylic acids is 4. The molecule has 4 rings (SSSR count). The van der Waals surface area contributed by atoms with Crippen LogP contribution < -0.4 is 5.32 Å². The molecule has 0 aliphatic carbocycles. The number of amides is 2. The summed E-state index contributed by atoms with van der Waals surface area (Å²) in [5.74, 6) is -2.18. The number of esters is 2. The van der Waals surface area contributed by atoms with Crippen molar-refractivity contribution in [3.63, 3.8) is 0 Å². The highest BCUT2D eigenvalue weighted by Gasteiger charge is 2.32. The predicted molar refractivity (Wildman–Crippen MR) is 121 cm³/mol. The number of hydrogen-bond donors (Lipinski definition) is 1. The van der Waals surface area contributed by atoms with Gasteiger partial charge in [0.1, 0.15) is 0 Å². The number of hydrogen-bond acceptors (Lipinski definition) is 7. The van der Waals surface area contributed by atoms with Gasteiger partial charge in [-0.05, 0) is 42.0 Å². The zero-order valence-electron chi connectivity index (χ0n) is 18.5. The van der Waals surface area contributed by atoms with Gasteiger partial charge in [0.05, 0.1) is 48.7 Å². The highest BCUT2D eigenvalue weighted by Crippen LogP contribution is 2.28. The Morgan fingerprint density at radius 3 is 2.29 bits per heavy atom. The molecule has 2 amide bonds. The van der Waals surface area contributed by atoms with Gasteiger partial charge in [-0.1, -0.05) is 18.2 Å². The quantitative estimate of drug-likeness (QED) is 0.564. The lowest BCUT2D eigenvalue weighted by Gasteiger charge is -2.15. The maximum atomic E-state index is 13.2. The summed E-state index contributed by atoms with van der Waals surface area (Å²) in [6, 6.07) is 14.6. The fourth-order valence-corrected chi connectivity index (χ4v) is 3.79. The van der Waals surface area contributed by atoms with Crippen LogP contribution in [0.4, 0.5) is 5.69 Å². The van der Waals surface area contributed by atoms with Gasteiger partial charge in [-0.3, -0.25) is 14.6 Å². The van der Waals surface area contributed by atoms with Crippen molar-refractivity contribution < 1.29 is 28.7 Å². The molecular formula is C25H21N3O6. The first-order valence-corrected chi connectivity index (χ1v) is 10.4. The molecule has 0 saturated carbocycles. The predicted octanol–water partition coefficient (Wildman–Crippen LogP) is 3.06. The number of pyridine rings is 1. The standard InChI is InChI=1S/C25H21N3O6/c1-33-24(31)16-10-17(25(32)34-2)12-19(11-16)27-22(29)20-8-5-6-15-13-28(23(30)21(15)20)14-18-7-3-4-9-26-18/h3-12H,13-14H2,1-2H3,(H,27,29). The number of benzene rings is 2. The maximum Gasteiger partial charge on any atom is 0.337 e. The lowest BCUT2D eigenvalue weighted by atomic mass is 10.0. The molecule has 1 aromatic heterocycles. The molecule has 2 aromatic carbocycles. The number of nitrogens with zero attached hydrogens (tertiary/aromatic N) is 2. The highest BCUT2D eigenvalue weighted by atomic mass is 16.5. The third-order valence-corrected chi connectivity index (χ3v) is 5.37. The molecular weight excluding hydrogens is 438 g/mol. The van der Waals surface area contributed by atoms with Crippen molar-refractivity contribution in [3.8, 4) is 0 Å². The van der Waals surface area contributed by atoms with Crippen molar-refractivity contribution in [1.29, 1.82) is 0 Å². The number of aromatic nitrogens is 1. The number of carbonyl (C=O) groups is 4. The lowest BCUT2D eigenvalue weighted by Crippen LogP contribution is -2.25. The minimum Gasteiger partial charge on any atom is -0.465 e. The first-order valence-electron chi connectivity index (χ1n) is 10.4. The van der Waals surface area contributed by atoms with E-state index >= 15 is 0 Å². The molecule has 172 valence electrons. The van der Waals surface area contributed by atoms with Gasteiger partial charge in [0.2, 0.25) is 0 Å². The fraction of sp³-hybridized carbons (Fsp3) is 0.160. The molecule has 0 bridgehead atoms. The van der Waals surface area contributed by atoms with Crippen LogP contribution >= 0.6 is 0 Å². The normalized spacial score (nSPS) is 12.2. The molecule has 0 spiro atoms. The van der Waals surface area contributed by atoms with E-state index in [1.54, 1.807) is 35.4 Å². The summed E-state index contributed by atoms with van der Waals surface area (Å²) >= 11 is 0. The molecule has 0 radical (unpaired) electrons. The van der Waals surface area contributed by atoms with Crippen LogP contribution in [0.5, 0.6) is 0 Å². The number of anilines is 1. The third kappa shape index (κ3) is 4.49. The fourth-order valence-electron chi connectivity index (χ4n) is 3.79. The first-order chi connectivity index (χ1) is 16.4. The van der Waals surface area contributed by atoms with Crippen LogP contribution in [-0.2, 0) is 22.6 Å².